The molecule has 1 heterocycles. The summed E-state index contributed by atoms with van der Waals surface area (Å²) in [5, 5.41) is 9.47. The maximum atomic E-state index is 11.4. The van der Waals surface area contributed by atoms with Crippen LogP contribution < -0.4 is 0 Å². The van der Waals surface area contributed by atoms with Crippen molar-refractivity contribution in [2.24, 2.45) is 0 Å². The second-order valence-corrected chi connectivity index (χ2v) is 4.93. The highest BCUT2D eigenvalue weighted by Gasteiger charge is 2.32. The van der Waals surface area contributed by atoms with Crippen LogP contribution in [0.2, 0.25) is 0 Å². The van der Waals surface area contributed by atoms with Crippen LogP contribution in [0.4, 0.5) is 0 Å². The molecule has 1 aliphatic rings. The second-order valence-electron chi connectivity index (χ2n) is 3.83. The molecule has 0 aromatic rings. The number of β-amino-alcohol motifs (C(OH)–C–C–N with tert-alkyl or cyclic N) is 1. The minimum Gasteiger partial charge on any atom is -0.389 e. The van der Waals surface area contributed by atoms with E-state index in [9.17, 15) is 9.90 Å². The summed E-state index contributed by atoms with van der Waals surface area (Å²) in [7, 11) is 0. The molecule has 0 aliphatic carbocycles. The first-order valence-electron chi connectivity index (χ1n) is 4.05. The number of nitrogens with zero attached hydrogens (tertiary/aromatic N) is 1. The second kappa shape index (κ2) is 3.34. The summed E-state index contributed by atoms with van der Waals surface area (Å²) in [5.74, 6) is 0.0946. The van der Waals surface area contributed by atoms with E-state index in [0.29, 0.717) is 6.54 Å². The van der Waals surface area contributed by atoms with Gasteiger partial charge in [0.15, 0.2) is 0 Å². The molecule has 0 saturated carbocycles. The van der Waals surface area contributed by atoms with Crippen LogP contribution >= 0.6 is 15.9 Å². The zero-order chi connectivity index (χ0) is 9.35. The summed E-state index contributed by atoms with van der Waals surface area (Å²) in [6.07, 6.45) is 0.842. The fourth-order valence-electron chi connectivity index (χ4n) is 1.33. The Bertz CT molecular complexity index is 188. The van der Waals surface area contributed by atoms with Crippen molar-refractivity contribution in [3.8, 4) is 0 Å². The van der Waals surface area contributed by atoms with Gasteiger partial charge in [0.05, 0.1) is 10.4 Å². The summed E-state index contributed by atoms with van der Waals surface area (Å²) >= 11 is 3.28. The van der Waals surface area contributed by atoms with Gasteiger partial charge in [-0.1, -0.05) is 15.9 Å². The molecular weight excluding hydrogens is 222 g/mol. The Morgan fingerprint density at radius 1 is 1.75 bits per heavy atom. The molecule has 1 aliphatic heterocycles. The third-order valence-corrected chi connectivity index (χ3v) is 2.66. The van der Waals surface area contributed by atoms with Gasteiger partial charge in [-0.2, -0.15) is 0 Å². The van der Waals surface area contributed by atoms with Crippen molar-refractivity contribution in [1.29, 1.82) is 0 Å². The van der Waals surface area contributed by atoms with Crippen molar-refractivity contribution in [3.63, 3.8) is 0 Å². The monoisotopic (exact) mass is 235 g/mol. The van der Waals surface area contributed by atoms with Crippen molar-refractivity contribution in [3.05, 3.63) is 0 Å². The van der Waals surface area contributed by atoms with E-state index in [1.54, 1.807) is 18.7 Å². The number of carbonyl (C=O) groups excluding carboxylic acids is 1. The molecule has 3 nitrogen and oxygen atoms in total. The number of amides is 1. The Morgan fingerprint density at radius 3 is 2.67 bits per heavy atom. The van der Waals surface area contributed by atoms with E-state index < -0.39 is 5.60 Å². The standard InChI is InChI=1S/C8H14BrNO2/c1-8(2,12)5-10-4-3-6(9)7(10)11/h6,12H,3-5H2,1-2H3. The molecule has 1 N–H and O–H groups in total. The van der Waals surface area contributed by atoms with Crippen LogP contribution in [-0.2, 0) is 4.79 Å². The maximum absolute atomic E-state index is 11.4. The topological polar surface area (TPSA) is 40.5 Å². The van der Waals surface area contributed by atoms with Gasteiger partial charge < -0.3 is 10.0 Å². The number of alkyl halides is 1. The molecule has 1 fully saturated rings. The van der Waals surface area contributed by atoms with Gasteiger partial charge in [0.2, 0.25) is 5.91 Å². The molecule has 0 radical (unpaired) electrons. The molecule has 12 heavy (non-hydrogen) atoms. The molecule has 0 spiro atoms. The number of hydrogen-bond donors (Lipinski definition) is 1. The minimum absolute atomic E-state index is 0.0418. The molecule has 1 atom stereocenters. The van der Waals surface area contributed by atoms with Crippen LogP contribution in [0.25, 0.3) is 0 Å². The molecule has 0 aromatic carbocycles. The Balaban J connectivity index is 2.50. The Morgan fingerprint density at radius 2 is 2.33 bits per heavy atom. The third kappa shape index (κ3) is 2.45. The highest BCUT2D eigenvalue weighted by atomic mass is 79.9. The summed E-state index contributed by atoms with van der Waals surface area (Å²) in [6.45, 7) is 4.59. The van der Waals surface area contributed by atoms with E-state index in [2.05, 4.69) is 15.9 Å². The first-order valence-corrected chi connectivity index (χ1v) is 4.97. The van der Waals surface area contributed by atoms with Crippen LogP contribution in [0, 0.1) is 0 Å². The lowest BCUT2D eigenvalue weighted by Crippen LogP contribution is -2.40. The van der Waals surface area contributed by atoms with Gasteiger partial charge in [-0.25, -0.2) is 0 Å². The van der Waals surface area contributed by atoms with Gasteiger partial charge in [-0.15, -0.1) is 0 Å². The zero-order valence-electron chi connectivity index (χ0n) is 7.38. The highest BCUT2D eigenvalue weighted by Crippen LogP contribution is 2.20. The Hall–Kier alpha value is -0.0900. The molecule has 4 heteroatoms. The molecule has 70 valence electrons. The lowest BCUT2D eigenvalue weighted by Gasteiger charge is -2.24. The van der Waals surface area contributed by atoms with Crippen molar-refractivity contribution in [1.82, 2.24) is 4.90 Å². The first kappa shape index (κ1) is 9.99. The average Bonchev–Trinajstić information content (AvgIpc) is 2.16. The van der Waals surface area contributed by atoms with Gasteiger partial charge in [0.25, 0.3) is 0 Å². The van der Waals surface area contributed by atoms with Gasteiger partial charge in [-0.05, 0) is 20.3 Å². The van der Waals surface area contributed by atoms with Crippen LogP contribution in [0.1, 0.15) is 20.3 Å². The molecule has 0 aromatic heterocycles. The van der Waals surface area contributed by atoms with E-state index in [-0.39, 0.29) is 10.7 Å². The van der Waals surface area contributed by atoms with Crippen molar-refractivity contribution in [2.75, 3.05) is 13.1 Å². The van der Waals surface area contributed by atoms with Crippen LogP contribution in [0.3, 0.4) is 0 Å². The quantitative estimate of drug-likeness (QED) is 0.719. The van der Waals surface area contributed by atoms with Gasteiger partial charge in [0.1, 0.15) is 0 Å². The van der Waals surface area contributed by atoms with Gasteiger partial charge >= 0.3 is 0 Å². The Labute approximate surface area is 80.9 Å². The normalized spacial score (nSPS) is 25.2. The average molecular weight is 236 g/mol. The molecular formula is C8H14BrNO2. The fraction of sp³-hybridized carbons (Fsp3) is 0.875. The summed E-state index contributed by atoms with van der Waals surface area (Å²) in [6, 6.07) is 0. The summed E-state index contributed by atoms with van der Waals surface area (Å²) in [5.41, 5.74) is -0.785. The highest BCUT2D eigenvalue weighted by molar-refractivity contribution is 9.10. The van der Waals surface area contributed by atoms with Crippen LogP contribution in [0.15, 0.2) is 0 Å². The molecule has 1 rings (SSSR count). The van der Waals surface area contributed by atoms with Gasteiger partial charge in [-0.3, -0.25) is 4.79 Å². The third-order valence-electron chi connectivity index (χ3n) is 1.81. The Kier molecular flexibility index (Phi) is 2.78. The van der Waals surface area contributed by atoms with Gasteiger partial charge in [0, 0.05) is 13.1 Å². The number of hydrogen-bond acceptors (Lipinski definition) is 2. The summed E-state index contributed by atoms with van der Waals surface area (Å²) < 4.78 is 0. The van der Waals surface area contributed by atoms with Crippen LogP contribution in [0.5, 0.6) is 0 Å². The molecule has 1 amide bonds. The first-order chi connectivity index (χ1) is 5.40. The SMILES string of the molecule is CC(C)(O)CN1CCC(Br)C1=O. The number of carbonyl (C=O) groups is 1. The number of halogens is 1. The largest absolute Gasteiger partial charge is 0.389 e. The lowest BCUT2D eigenvalue weighted by atomic mass is 10.1. The zero-order valence-corrected chi connectivity index (χ0v) is 8.97. The lowest BCUT2D eigenvalue weighted by molar-refractivity contribution is -0.129. The number of likely N-dealkylation sites (tertiary alicyclic amines) is 1. The van der Waals surface area contributed by atoms with Crippen molar-refractivity contribution in [2.45, 2.75) is 30.7 Å². The van der Waals surface area contributed by atoms with E-state index >= 15 is 0 Å². The van der Waals surface area contributed by atoms with Crippen molar-refractivity contribution >= 4 is 21.8 Å². The summed E-state index contributed by atoms with van der Waals surface area (Å²) in [4.78, 5) is 13.0. The number of rotatable bonds is 2. The minimum atomic E-state index is -0.785. The molecule has 0 bridgehead atoms. The van der Waals surface area contributed by atoms with E-state index in [4.69, 9.17) is 0 Å². The van der Waals surface area contributed by atoms with E-state index in [1.807, 2.05) is 0 Å². The predicted molar refractivity (Wildman–Crippen MR) is 50.2 cm³/mol. The van der Waals surface area contributed by atoms with Crippen molar-refractivity contribution < 1.29 is 9.90 Å². The predicted octanol–water partition coefficient (Wildman–Crippen LogP) is 0.753. The molecule has 1 unspecified atom stereocenters. The molecule has 1 saturated heterocycles. The smallest absolute Gasteiger partial charge is 0.236 e. The van der Waals surface area contributed by atoms with E-state index in [0.717, 1.165) is 13.0 Å². The van der Waals surface area contributed by atoms with E-state index in [1.165, 1.54) is 0 Å². The maximum Gasteiger partial charge on any atom is 0.236 e. The number of aliphatic hydroxyl groups is 1. The fourth-order valence-corrected chi connectivity index (χ4v) is 1.82. The van der Waals surface area contributed by atoms with Crippen LogP contribution in [-0.4, -0.2) is 39.4 Å².